The van der Waals surface area contributed by atoms with Crippen LogP contribution in [-0.4, -0.2) is 87.0 Å². The molecule has 9 heteroatoms. The third-order valence-corrected chi connectivity index (χ3v) is 7.46. The smallest absolute Gasteiger partial charge is 0.236 e. The summed E-state index contributed by atoms with van der Waals surface area (Å²) in [4.78, 5) is 15.6. The van der Waals surface area contributed by atoms with E-state index in [9.17, 15) is 8.42 Å². The largest absolute Gasteiger partial charge is 0.354 e. The molecule has 4 rings (SSSR count). The molecule has 0 radical (unpaired) electrons. The van der Waals surface area contributed by atoms with Crippen molar-refractivity contribution in [2.24, 2.45) is 0 Å². The maximum Gasteiger partial charge on any atom is 0.236 e. The molecule has 2 fully saturated rings. The third-order valence-electron chi connectivity index (χ3n) is 5.90. The van der Waals surface area contributed by atoms with Crippen LogP contribution in [0.5, 0.6) is 0 Å². The number of nitrogens with zero attached hydrogens (tertiary/aromatic N) is 6. The second kappa shape index (κ2) is 9.33. The van der Waals surface area contributed by atoms with Crippen LogP contribution in [0, 0.1) is 6.92 Å². The van der Waals surface area contributed by atoms with Crippen LogP contribution in [0.1, 0.15) is 11.1 Å². The number of likely N-dealkylation sites (N-methyl/N-ethyl adjacent to an activating group) is 1. The van der Waals surface area contributed by atoms with E-state index in [0.717, 1.165) is 48.9 Å². The zero-order valence-corrected chi connectivity index (χ0v) is 19.0. The van der Waals surface area contributed by atoms with E-state index in [1.807, 2.05) is 37.3 Å². The van der Waals surface area contributed by atoms with E-state index in [2.05, 4.69) is 31.7 Å². The third kappa shape index (κ3) is 5.41. The lowest BCUT2D eigenvalue weighted by atomic mass is 10.2. The van der Waals surface area contributed by atoms with Crippen LogP contribution in [-0.2, 0) is 10.0 Å². The molecule has 1 aromatic heterocycles. The molecule has 2 aliphatic rings. The van der Waals surface area contributed by atoms with E-state index in [0.29, 0.717) is 26.2 Å². The van der Waals surface area contributed by atoms with Gasteiger partial charge < -0.3 is 14.7 Å². The van der Waals surface area contributed by atoms with Crippen LogP contribution in [0.3, 0.4) is 0 Å². The van der Waals surface area contributed by atoms with Gasteiger partial charge in [-0.2, -0.15) is 4.31 Å². The molecular weight excluding hydrogens is 412 g/mol. The van der Waals surface area contributed by atoms with Crippen LogP contribution in [0.25, 0.3) is 6.08 Å². The molecule has 0 saturated carbocycles. The Kier molecular flexibility index (Phi) is 6.54. The minimum absolute atomic E-state index is 0.439. The number of anilines is 2. The summed E-state index contributed by atoms with van der Waals surface area (Å²) in [5.74, 6) is 1.80. The first kappa shape index (κ1) is 21.7. The molecule has 8 nitrogen and oxygen atoms in total. The molecular formula is C22H30N6O2S. The highest BCUT2D eigenvalue weighted by molar-refractivity contribution is 7.92. The van der Waals surface area contributed by atoms with Crippen molar-refractivity contribution in [2.45, 2.75) is 6.92 Å². The van der Waals surface area contributed by atoms with Gasteiger partial charge in [0.15, 0.2) is 0 Å². The minimum atomic E-state index is -3.45. The summed E-state index contributed by atoms with van der Waals surface area (Å²) in [5.41, 5.74) is 2.03. The summed E-state index contributed by atoms with van der Waals surface area (Å²) in [6.07, 6.45) is 3.27. The Morgan fingerprint density at radius 1 is 0.839 bits per heavy atom. The van der Waals surface area contributed by atoms with Gasteiger partial charge in [-0.15, -0.1) is 0 Å². The summed E-state index contributed by atoms with van der Waals surface area (Å²) in [6, 6.07) is 9.82. The summed E-state index contributed by atoms with van der Waals surface area (Å²) < 4.78 is 27.0. The highest BCUT2D eigenvalue weighted by atomic mass is 32.2. The molecule has 1 aromatic carbocycles. The molecule has 31 heavy (non-hydrogen) atoms. The van der Waals surface area contributed by atoms with Crippen LogP contribution in [0.2, 0.25) is 0 Å². The predicted molar refractivity (Wildman–Crippen MR) is 125 cm³/mol. The first-order valence-corrected chi connectivity index (χ1v) is 12.2. The Morgan fingerprint density at radius 2 is 1.39 bits per heavy atom. The normalized spacial score (nSPS) is 19.3. The van der Waals surface area contributed by atoms with Crippen LogP contribution in [0.4, 0.5) is 11.6 Å². The van der Waals surface area contributed by atoms with E-state index in [4.69, 9.17) is 0 Å². The van der Waals surface area contributed by atoms with Gasteiger partial charge in [-0.1, -0.05) is 29.8 Å². The zero-order valence-electron chi connectivity index (χ0n) is 18.2. The van der Waals surface area contributed by atoms with Gasteiger partial charge >= 0.3 is 0 Å². The standard InChI is InChI=1S/C22H30N6O2S/c1-19-3-5-20(6-4-19)7-16-31(29,30)28-14-12-27(13-15-28)22-17-21(23-18-24-22)26-10-8-25(2)9-11-26/h3-7,16-18H,8-15H2,1-2H3/b16-7+. The predicted octanol–water partition coefficient (Wildman–Crippen LogP) is 1.66. The Hall–Kier alpha value is -2.49. The number of piperazine rings is 2. The lowest BCUT2D eigenvalue weighted by Gasteiger charge is -2.35. The summed E-state index contributed by atoms with van der Waals surface area (Å²) >= 11 is 0. The van der Waals surface area contributed by atoms with Gasteiger partial charge in [0.1, 0.15) is 18.0 Å². The van der Waals surface area contributed by atoms with Gasteiger partial charge in [0.05, 0.1) is 0 Å². The molecule has 2 aliphatic heterocycles. The van der Waals surface area contributed by atoms with Crippen molar-refractivity contribution in [3.05, 3.63) is 53.2 Å². The number of hydrogen-bond donors (Lipinski definition) is 0. The van der Waals surface area contributed by atoms with Crippen molar-refractivity contribution in [1.29, 1.82) is 0 Å². The molecule has 0 N–H and O–H groups in total. The van der Waals surface area contributed by atoms with Crippen molar-refractivity contribution >= 4 is 27.7 Å². The Morgan fingerprint density at radius 3 is 1.97 bits per heavy atom. The van der Waals surface area contributed by atoms with Crippen molar-refractivity contribution in [1.82, 2.24) is 19.2 Å². The molecule has 0 atom stereocenters. The van der Waals surface area contributed by atoms with Crippen LogP contribution in [0.15, 0.2) is 42.1 Å². The summed E-state index contributed by atoms with van der Waals surface area (Å²) in [6.45, 7) is 8.04. The lowest BCUT2D eigenvalue weighted by molar-refractivity contribution is 0.312. The first-order chi connectivity index (χ1) is 14.9. The molecule has 166 valence electrons. The number of sulfonamides is 1. The van der Waals surface area contributed by atoms with Crippen molar-refractivity contribution in [3.8, 4) is 0 Å². The molecule has 3 heterocycles. The van der Waals surface area contributed by atoms with Gasteiger partial charge in [0.2, 0.25) is 10.0 Å². The fourth-order valence-electron chi connectivity index (χ4n) is 3.82. The minimum Gasteiger partial charge on any atom is -0.354 e. The van der Waals surface area contributed by atoms with E-state index in [-0.39, 0.29) is 0 Å². The van der Waals surface area contributed by atoms with E-state index in [1.165, 1.54) is 9.71 Å². The molecule has 0 unspecified atom stereocenters. The monoisotopic (exact) mass is 442 g/mol. The first-order valence-electron chi connectivity index (χ1n) is 10.7. The summed E-state index contributed by atoms with van der Waals surface area (Å²) in [7, 11) is -1.32. The number of rotatable bonds is 5. The maximum atomic E-state index is 12.7. The second-order valence-electron chi connectivity index (χ2n) is 8.17. The van der Waals surface area contributed by atoms with Crippen LogP contribution < -0.4 is 9.80 Å². The van der Waals surface area contributed by atoms with Crippen molar-refractivity contribution in [3.63, 3.8) is 0 Å². The molecule has 2 saturated heterocycles. The Labute approximate surface area is 184 Å². The second-order valence-corrected chi connectivity index (χ2v) is 9.99. The maximum absolute atomic E-state index is 12.7. The number of aryl methyl sites for hydroxylation is 1. The van der Waals surface area contributed by atoms with Gasteiger partial charge in [0.25, 0.3) is 0 Å². The fourth-order valence-corrected chi connectivity index (χ4v) is 4.99. The van der Waals surface area contributed by atoms with Gasteiger partial charge in [-0.25, -0.2) is 18.4 Å². The van der Waals surface area contributed by atoms with Gasteiger partial charge in [0, 0.05) is 63.8 Å². The molecule has 0 spiro atoms. The average molecular weight is 443 g/mol. The SMILES string of the molecule is Cc1ccc(/C=C/S(=O)(=O)N2CCN(c3cc(N4CCN(C)CC4)ncn3)CC2)cc1. The fraction of sp³-hybridized carbons (Fsp3) is 0.455. The van der Waals surface area contributed by atoms with E-state index < -0.39 is 10.0 Å². The average Bonchev–Trinajstić information content (AvgIpc) is 2.79. The molecule has 0 aliphatic carbocycles. The number of aromatic nitrogens is 2. The topological polar surface area (TPSA) is 72.9 Å². The van der Waals surface area contributed by atoms with E-state index >= 15 is 0 Å². The van der Waals surface area contributed by atoms with Crippen molar-refractivity contribution < 1.29 is 8.42 Å². The number of benzene rings is 1. The highest BCUT2D eigenvalue weighted by Gasteiger charge is 2.26. The molecule has 0 amide bonds. The summed E-state index contributed by atoms with van der Waals surface area (Å²) in [5, 5.41) is 1.31. The lowest BCUT2D eigenvalue weighted by Crippen LogP contribution is -2.48. The zero-order chi connectivity index (χ0) is 21.8. The molecule has 2 aromatic rings. The van der Waals surface area contributed by atoms with Crippen molar-refractivity contribution in [2.75, 3.05) is 69.2 Å². The van der Waals surface area contributed by atoms with Gasteiger partial charge in [-0.05, 0) is 25.6 Å². The Bertz CT molecular complexity index is 1010. The Balaban J connectivity index is 1.37. The molecule has 0 bridgehead atoms. The highest BCUT2D eigenvalue weighted by Crippen LogP contribution is 2.21. The van der Waals surface area contributed by atoms with Gasteiger partial charge in [-0.3, -0.25) is 0 Å². The number of hydrogen-bond acceptors (Lipinski definition) is 7. The van der Waals surface area contributed by atoms with E-state index in [1.54, 1.807) is 12.4 Å². The quantitative estimate of drug-likeness (QED) is 0.697. The van der Waals surface area contributed by atoms with Crippen LogP contribution >= 0.6 is 0 Å².